The molecule has 8 nitrogen and oxygen atoms in total. The van der Waals surface area contributed by atoms with E-state index < -0.39 is 6.36 Å². The highest BCUT2D eigenvalue weighted by atomic mass is 32.2. The summed E-state index contributed by atoms with van der Waals surface area (Å²) in [5.74, 6) is 0.0796. The first-order valence-electron chi connectivity index (χ1n) is 14.3. The van der Waals surface area contributed by atoms with Crippen LogP contribution in [0.5, 0.6) is 5.75 Å². The molecule has 1 saturated heterocycles. The molecule has 0 atom stereocenters. The molecule has 1 aliphatic heterocycles. The van der Waals surface area contributed by atoms with E-state index in [4.69, 9.17) is 0 Å². The van der Waals surface area contributed by atoms with Crippen molar-refractivity contribution in [3.63, 3.8) is 0 Å². The number of amides is 2. The number of ether oxygens (including phenoxy) is 1. The molecule has 0 spiro atoms. The summed E-state index contributed by atoms with van der Waals surface area (Å²) in [4.78, 5) is 35.9. The Hall–Kier alpha value is -4.45. The Morgan fingerprint density at radius 2 is 1.67 bits per heavy atom. The van der Waals surface area contributed by atoms with E-state index in [9.17, 15) is 22.8 Å². The zero-order chi connectivity index (χ0) is 32.4. The molecule has 1 fully saturated rings. The summed E-state index contributed by atoms with van der Waals surface area (Å²) in [6.45, 7) is 8.09. The van der Waals surface area contributed by atoms with Crippen LogP contribution in [0.3, 0.4) is 0 Å². The summed E-state index contributed by atoms with van der Waals surface area (Å²) in [5, 5.41) is 4.89. The molecule has 0 unspecified atom stereocenters. The number of anilines is 1. The highest BCUT2D eigenvalue weighted by molar-refractivity contribution is 8.15. The first-order valence-corrected chi connectivity index (χ1v) is 15.3. The van der Waals surface area contributed by atoms with Crippen molar-refractivity contribution in [1.29, 1.82) is 0 Å². The van der Waals surface area contributed by atoms with Gasteiger partial charge < -0.3 is 4.74 Å². The summed E-state index contributed by atoms with van der Waals surface area (Å²) in [5.41, 5.74) is 4.92. The standard InChI is InChI=1S/C33H32F3N5O3S/c1-21-6-5-7-22(2)29(21)41-28(43)19-45-31(41)38-27(42)16-17-32(3,4)18-23-8-10-24(11-9-23)30-37-20-40(39-30)25-12-14-26(15-13-25)44-33(34,35)36/h5-15,20H,16-19H2,1-4H3. The second kappa shape index (κ2) is 12.9. The van der Waals surface area contributed by atoms with Crippen LogP contribution in [0.25, 0.3) is 17.1 Å². The number of carbonyl (C=O) groups excluding carboxylic acids is 2. The molecule has 2 heterocycles. The van der Waals surface area contributed by atoms with Gasteiger partial charge in [0, 0.05) is 12.0 Å². The number of halogens is 3. The number of rotatable bonds is 9. The van der Waals surface area contributed by atoms with Gasteiger partial charge in [-0.25, -0.2) is 9.67 Å². The summed E-state index contributed by atoms with van der Waals surface area (Å²) < 4.78 is 42.7. The quantitative estimate of drug-likeness (QED) is 0.190. The van der Waals surface area contributed by atoms with Gasteiger partial charge in [-0.1, -0.05) is 68.1 Å². The number of aryl methyl sites for hydroxylation is 2. The summed E-state index contributed by atoms with van der Waals surface area (Å²) in [6, 6.07) is 19.0. The number of hydrogen-bond donors (Lipinski definition) is 0. The van der Waals surface area contributed by atoms with Gasteiger partial charge in [-0.2, -0.15) is 4.99 Å². The minimum atomic E-state index is -4.75. The van der Waals surface area contributed by atoms with Crippen molar-refractivity contribution in [1.82, 2.24) is 14.8 Å². The molecule has 1 aliphatic rings. The molecule has 0 bridgehead atoms. The van der Waals surface area contributed by atoms with E-state index in [0.29, 0.717) is 23.1 Å². The average Bonchev–Trinajstić information content (AvgIpc) is 3.60. The second-order valence-corrected chi connectivity index (χ2v) is 12.6. The van der Waals surface area contributed by atoms with Crippen molar-refractivity contribution in [2.75, 3.05) is 10.7 Å². The lowest BCUT2D eigenvalue weighted by atomic mass is 9.81. The van der Waals surface area contributed by atoms with Crippen LogP contribution in [0.1, 0.15) is 43.4 Å². The van der Waals surface area contributed by atoms with E-state index in [-0.39, 0.29) is 35.2 Å². The third kappa shape index (κ3) is 7.99. The van der Waals surface area contributed by atoms with Crippen LogP contribution in [-0.4, -0.2) is 43.9 Å². The number of carbonyl (C=O) groups is 2. The fraction of sp³-hybridized carbons (Fsp3) is 0.303. The Labute approximate surface area is 263 Å². The molecule has 234 valence electrons. The predicted octanol–water partition coefficient (Wildman–Crippen LogP) is 7.46. The van der Waals surface area contributed by atoms with E-state index in [1.54, 1.807) is 4.90 Å². The highest BCUT2D eigenvalue weighted by Gasteiger charge is 2.33. The largest absolute Gasteiger partial charge is 0.573 e. The minimum absolute atomic E-state index is 0.0803. The number of benzene rings is 3. The minimum Gasteiger partial charge on any atom is -0.406 e. The third-order valence-electron chi connectivity index (χ3n) is 7.39. The number of thioether (sulfide) groups is 1. The Kier molecular flexibility index (Phi) is 9.15. The maximum Gasteiger partial charge on any atom is 0.573 e. The zero-order valence-corrected chi connectivity index (χ0v) is 26.1. The molecule has 4 aromatic rings. The normalized spacial score (nSPS) is 14.8. The lowest BCUT2D eigenvalue weighted by Crippen LogP contribution is -2.31. The molecule has 3 aromatic carbocycles. The fourth-order valence-electron chi connectivity index (χ4n) is 5.16. The maximum absolute atomic E-state index is 12.9. The van der Waals surface area contributed by atoms with Gasteiger partial charge in [-0.15, -0.1) is 18.3 Å². The number of aromatic nitrogens is 3. The van der Waals surface area contributed by atoms with E-state index in [1.165, 1.54) is 47.0 Å². The third-order valence-corrected chi connectivity index (χ3v) is 8.31. The van der Waals surface area contributed by atoms with Gasteiger partial charge in [-0.05, 0) is 73.1 Å². The first kappa shape index (κ1) is 32.0. The van der Waals surface area contributed by atoms with Crippen molar-refractivity contribution in [2.45, 2.75) is 53.3 Å². The predicted molar refractivity (Wildman–Crippen MR) is 168 cm³/mol. The summed E-state index contributed by atoms with van der Waals surface area (Å²) in [7, 11) is 0. The Morgan fingerprint density at radius 1 is 1.00 bits per heavy atom. The molecule has 45 heavy (non-hydrogen) atoms. The molecule has 12 heteroatoms. The number of hydrogen-bond acceptors (Lipinski definition) is 6. The number of nitrogens with zero attached hydrogens (tertiary/aromatic N) is 5. The van der Waals surface area contributed by atoms with Crippen molar-refractivity contribution in [3.8, 4) is 22.8 Å². The highest BCUT2D eigenvalue weighted by Crippen LogP contribution is 2.33. The van der Waals surface area contributed by atoms with Crippen molar-refractivity contribution >= 4 is 34.4 Å². The maximum atomic E-state index is 12.9. The van der Waals surface area contributed by atoms with Gasteiger partial charge in [0.15, 0.2) is 11.0 Å². The number of amidine groups is 1. The van der Waals surface area contributed by atoms with Gasteiger partial charge in [0.1, 0.15) is 12.1 Å². The zero-order valence-electron chi connectivity index (χ0n) is 25.3. The van der Waals surface area contributed by atoms with E-state index in [1.807, 2.05) is 56.3 Å². The topological polar surface area (TPSA) is 89.7 Å². The molecule has 0 aliphatic carbocycles. The first-order chi connectivity index (χ1) is 21.3. The molecule has 1 aromatic heterocycles. The average molecular weight is 636 g/mol. The van der Waals surface area contributed by atoms with Crippen LogP contribution in [0.2, 0.25) is 0 Å². The number of aliphatic imine (C=N–C) groups is 1. The summed E-state index contributed by atoms with van der Waals surface area (Å²) in [6.07, 6.45) is -1.66. The number of para-hydroxylation sites is 1. The lowest BCUT2D eigenvalue weighted by molar-refractivity contribution is -0.274. The SMILES string of the molecule is Cc1cccc(C)c1N1C(=O)CSC1=NC(=O)CCC(C)(C)Cc1ccc(-c2ncn(-c3ccc(OC(F)(F)F)cc3)n2)cc1. The van der Waals surface area contributed by atoms with Gasteiger partial charge in [0.2, 0.25) is 11.8 Å². The van der Waals surface area contributed by atoms with Crippen LogP contribution in [-0.2, 0) is 16.0 Å². The van der Waals surface area contributed by atoms with E-state index in [0.717, 1.165) is 34.4 Å². The van der Waals surface area contributed by atoms with Crippen molar-refractivity contribution in [3.05, 3.63) is 89.7 Å². The van der Waals surface area contributed by atoms with Crippen molar-refractivity contribution in [2.24, 2.45) is 10.4 Å². The molecular weight excluding hydrogens is 603 g/mol. The molecule has 0 radical (unpaired) electrons. The lowest BCUT2D eigenvalue weighted by Gasteiger charge is -2.24. The van der Waals surface area contributed by atoms with E-state index >= 15 is 0 Å². The molecule has 2 amide bonds. The van der Waals surface area contributed by atoms with Crippen LogP contribution >= 0.6 is 11.8 Å². The molecule has 5 rings (SSSR count). The van der Waals surface area contributed by atoms with Crippen LogP contribution in [0, 0.1) is 19.3 Å². The van der Waals surface area contributed by atoms with Crippen LogP contribution < -0.4 is 9.64 Å². The van der Waals surface area contributed by atoms with Gasteiger partial charge in [0.05, 0.1) is 17.1 Å². The smallest absolute Gasteiger partial charge is 0.406 e. The molecule has 0 saturated carbocycles. The Morgan fingerprint density at radius 3 is 2.31 bits per heavy atom. The Balaban J connectivity index is 1.18. The van der Waals surface area contributed by atoms with Gasteiger partial charge >= 0.3 is 6.36 Å². The fourth-order valence-corrected chi connectivity index (χ4v) is 6.03. The van der Waals surface area contributed by atoms with Gasteiger partial charge in [-0.3, -0.25) is 14.5 Å². The van der Waals surface area contributed by atoms with Crippen LogP contribution in [0.15, 0.2) is 78.0 Å². The monoisotopic (exact) mass is 635 g/mol. The van der Waals surface area contributed by atoms with Crippen molar-refractivity contribution < 1.29 is 27.5 Å². The molecule has 0 N–H and O–H groups in total. The Bertz CT molecular complexity index is 1710. The second-order valence-electron chi connectivity index (χ2n) is 11.6. The van der Waals surface area contributed by atoms with Crippen LogP contribution in [0.4, 0.5) is 18.9 Å². The van der Waals surface area contributed by atoms with Gasteiger partial charge in [0.25, 0.3) is 0 Å². The summed E-state index contributed by atoms with van der Waals surface area (Å²) >= 11 is 1.29. The molecular formula is C33H32F3N5O3S. The number of alkyl halides is 3. The van der Waals surface area contributed by atoms with E-state index in [2.05, 4.69) is 33.7 Å².